The molecule has 2 aromatic rings. The molecule has 42 heavy (non-hydrogen) atoms. The number of rotatable bonds is 16. The van der Waals surface area contributed by atoms with Gasteiger partial charge in [0.15, 0.2) is 0 Å². The molecule has 0 saturated carbocycles. The van der Waals surface area contributed by atoms with Crippen LogP contribution in [0.4, 0.5) is 5.69 Å². The molecule has 2 aromatic carbocycles. The maximum Gasteiger partial charge on any atom is 0.221 e. The monoisotopic (exact) mass is 579 g/mol. The molecule has 5 nitrogen and oxygen atoms in total. The Labute approximate surface area is 255 Å². The van der Waals surface area contributed by atoms with E-state index >= 15 is 0 Å². The zero-order valence-corrected chi connectivity index (χ0v) is 27.7. The third kappa shape index (κ3) is 9.95. The summed E-state index contributed by atoms with van der Waals surface area (Å²) >= 11 is 0. The van der Waals surface area contributed by atoms with Crippen LogP contribution in [0.3, 0.4) is 0 Å². The quantitative estimate of drug-likeness (QED) is 0.208. The fourth-order valence-electron chi connectivity index (χ4n) is 6.30. The molecule has 2 N–H and O–H groups in total. The minimum absolute atomic E-state index is 0.107. The van der Waals surface area contributed by atoms with E-state index in [0.717, 1.165) is 70.7 Å². The van der Waals surface area contributed by atoms with E-state index in [-0.39, 0.29) is 18.1 Å². The number of phenols is 1. The molecule has 3 atom stereocenters. The van der Waals surface area contributed by atoms with Crippen LogP contribution >= 0.6 is 0 Å². The smallest absolute Gasteiger partial charge is 0.221 e. The maximum absolute atomic E-state index is 11.3. The van der Waals surface area contributed by atoms with Crippen LogP contribution in [-0.2, 0) is 17.8 Å². The second-order valence-corrected chi connectivity index (χ2v) is 13.8. The largest absolute Gasteiger partial charge is 0.507 e. The van der Waals surface area contributed by atoms with Gasteiger partial charge in [-0.2, -0.15) is 0 Å². The van der Waals surface area contributed by atoms with Crippen LogP contribution in [0, 0.1) is 31.6 Å². The van der Waals surface area contributed by atoms with Gasteiger partial charge in [-0.15, -0.1) is 0 Å². The molecule has 0 fully saturated rings. The minimum atomic E-state index is -0.191. The normalized spacial score (nSPS) is 17.8. The summed E-state index contributed by atoms with van der Waals surface area (Å²) in [7, 11) is 0. The van der Waals surface area contributed by atoms with Gasteiger partial charge in [-0.05, 0) is 99.6 Å². The highest BCUT2D eigenvalue weighted by molar-refractivity contribution is 5.88. The summed E-state index contributed by atoms with van der Waals surface area (Å²) in [6, 6.07) is 7.30. The Balaban J connectivity index is 1.53. The molecule has 5 heteroatoms. The lowest BCUT2D eigenvalue weighted by atomic mass is 9.83. The molecule has 0 radical (unpaired) electrons. The molecule has 1 heterocycles. The van der Waals surface area contributed by atoms with Crippen molar-refractivity contribution < 1.29 is 19.4 Å². The van der Waals surface area contributed by atoms with Gasteiger partial charge in [0.25, 0.3) is 0 Å². The van der Waals surface area contributed by atoms with E-state index in [1.807, 2.05) is 31.2 Å². The number of hydrogen-bond acceptors (Lipinski definition) is 4. The van der Waals surface area contributed by atoms with Crippen molar-refractivity contribution in [2.75, 3.05) is 5.32 Å². The van der Waals surface area contributed by atoms with Crippen molar-refractivity contribution in [3.63, 3.8) is 0 Å². The number of amides is 1. The Morgan fingerprint density at radius 3 is 2.14 bits per heavy atom. The average Bonchev–Trinajstić information content (AvgIpc) is 2.92. The molecule has 0 aromatic heterocycles. The molecular weight excluding hydrogens is 522 g/mol. The van der Waals surface area contributed by atoms with Crippen LogP contribution in [0.25, 0.3) is 0 Å². The zero-order chi connectivity index (χ0) is 30.9. The topological polar surface area (TPSA) is 67.8 Å². The van der Waals surface area contributed by atoms with Crippen LogP contribution in [0.5, 0.6) is 17.2 Å². The number of aromatic hydroxyl groups is 1. The van der Waals surface area contributed by atoms with Crippen molar-refractivity contribution in [1.82, 2.24) is 0 Å². The fourth-order valence-corrected chi connectivity index (χ4v) is 6.30. The molecule has 0 saturated heterocycles. The summed E-state index contributed by atoms with van der Waals surface area (Å²) in [5.74, 6) is 4.24. The van der Waals surface area contributed by atoms with Gasteiger partial charge in [0.1, 0.15) is 29.5 Å². The number of nitrogens with one attached hydrogen (secondary N) is 1. The molecular formula is C37H57NO4. The summed E-state index contributed by atoms with van der Waals surface area (Å²) in [6.07, 6.45) is 13.4. The Hall–Kier alpha value is -2.69. The second-order valence-electron chi connectivity index (χ2n) is 13.8. The predicted molar refractivity (Wildman–Crippen MR) is 175 cm³/mol. The van der Waals surface area contributed by atoms with Crippen LogP contribution in [0.1, 0.15) is 128 Å². The highest BCUT2D eigenvalue weighted by atomic mass is 16.5. The van der Waals surface area contributed by atoms with Crippen molar-refractivity contribution in [3.05, 3.63) is 46.5 Å². The van der Waals surface area contributed by atoms with Crippen LogP contribution < -0.4 is 14.8 Å². The lowest BCUT2D eigenvalue weighted by Gasteiger charge is -2.38. The first-order valence-electron chi connectivity index (χ1n) is 16.4. The first-order valence-corrected chi connectivity index (χ1v) is 16.4. The van der Waals surface area contributed by atoms with Gasteiger partial charge >= 0.3 is 0 Å². The summed E-state index contributed by atoms with van der Waals surface area (Å²) in [6.45, 7) is 17.5. The van der Waals surface area contributed by atoms with Crippen LogP contribution in [-0.4, -0.2) is 16.6 Å². The molecule has 0 bridgehead atoms. The van der Waals surface area contributed by atoms with E-state index in [9.17, 15) is 9.90 Å². The number of fused-ring (bicyclic) bond motifs is 1. The Morgan fingerprint density at radius 2 is 1.55 bits per heavy atom. The number of ether oxygens (including phenoxy) is 2. The van der Waals surface area contributed by atoms with E-state index in [1.54, 1.807) is 0 Å². The van der Waals surface area contributed by atoms with Gasteiger partial charge in [0, 0.05) is 23.7 Å². The van der Waals surface area contributed by atoms with Crippen molar-refractivity contribution in [2.45, 2.75) is 138 Å². The van der Waals surface area contributed by atoms with Gasteiger partial charge in [0.2, 0.25) is 5.91 Å². The summed E-state index contributed by atoms with van der Waals surface area (Å²) < 4.78 is 12.9. The minimum Gasteiger partial charge on any atom is -0.507 e. The molecule has 1 aliphatic heterocycles. The zero-order valence-electron chi connectivity index (χ0n) is 27.7. The number of benzene rings is 2. The fraction of sp³-hybridized carbons (Fsp3) is 0.649. The standard InChI is InChI=1S/C37H57NO4/c1-25(2)12-9-13-26(3)14-10-15-27(4)16-11-22-37(8)23-21-33-34(35(40)28(5)29(6)36(33)42-37)24-41-32-19-17-31(18-20-32)38-30(7)39/h17-20,25-27,40H,9-16,21-24H2,1-8H3,(H,38,39). The third-order valence-corrected chi connectivity index (χ3v) is 9.27. The van der Waals surface area contributed by atoms with E-state index in [1.165, 1.54) is 58.3 Å². The van der Waals surface area contributed by atoms with E-state index < -0.39 is 0 Å². The highest BCUT2D eigenvalue weighted by Gasteiger charge is 2.35. The number of anilines is 1. The van der Waals surface area contributed by atoms with Crippen molar-refractivity contribution in [1.29, 1.82) is 0 Å². The number of phenolic OH excluding ortho intramolecular Hbond substituents is 1. The summed E-state index contributed by atoms with van der Waals surface area (Å²) in [4.78, 5) is 11.3. The van der Waals surface area contributed by atoms with Crippen molar-refractivity contribution in [3.8, 4) is 17.2 Å². The predicted octanol–water partition coefficient (Wildman–Crippen LogP) is 10.1. The van der Waals surface area contributed by atoms with Gasteiger partial charge in [0.05, 0.1) is 0 Å². The molecule has 0 aliphatic carbocycles. The van der Waals surface area contributed by atoms with Crippen LogP contribution in [0.15, 0.2) is 24.3 Å². The molecule has 234 valence electrons. The first-order chi connectivity index (χ1) is 19.9. The average molecular weight is 580 g/mol. The maximum atomic E-state index is 11.3. The van der Waals surface area contributed by atoms with E-state index in [4.69, 9.17) is 9.47 Å². The Bertz CT molecular complexity index is 1160. The summed E-state index contributed by atoms with van der Waals surface area (Å²) in [5.41, 5.74) is 4.29. The number of carbonyl (C=O) groups excluding carboxylic acids is 1. The lowest BCUT2D eigenvalue weighted by molar-refractivity contribution is -0.114. The Kier molecular flexibility index (Phi) is 12.6. The third-order valence-electron chi connectivity index (χ3n) is 9.27. The van der Waals surface area contributed by atoms with Gasteiger partial charge in [-0.25, -0.2) is 0 Å². The van der Waals surface area contributed by atoms with Crippen molar-refractivity contribution in [2.24, 2.45) is 17.8 Å². The first kappa shape index (κ1) is 33.8. The van der Waals surface area contributed by atoms with Crippen LogP contribution in [0.2, 0.25) is 0 Å². The van der Waals surface area contributed by atoms with E-state index in [0.29, 0.717) is 11.5 Å². The molecule has 3 unspecified atom stereocenters. The molecule has 1 aliphatic rings. The van der Waals surface area contributed by atoms with Gasteiger partial charge in [-0.1, -0.05) is 72.6 Å². The molecule has 1 amide bonds. The SMILES string of the molecule is CC(=O)Nc1ccc(OCc2c(O)c(C)c(C)c3c2CCC(C)(CCCC(C)CCCC(C)CCCC(C)C)O3)cc1. The highest BCUT2D eigenvalue weighted by Crippen LogP contribution is 2.45. The number of carbonyl (C=O) groups is 1. The van der Waals surface area contributed by atoms with E-state index in [2.05, 4.69) is 46.9 Å². The second kappa shape index (κ2) is 15.7. The lowest BCUT2D eigenvalue weighted by Crippen LogP contribution is -2.37. The summed E-state index contributed by atoms with van der Waals surface area (Å²) in [5, 5.41) is 13.8. The number of hydrogen-bond donors (Lipinski definition) is 2. The molecule has 0 spiro atoms. The van der Waals surface area contributed by atoms with Gasteiger partial charge < -0.3 is 19.9 Å². The van der Waals surface area contributed by atoms with Crippen molar-refractivity contribution >= 4 is 11.6 Å². The molecule has 3 rings (SSSR count). The Morgan fingerprint density at radius 1 is 0.952 bits per heavy atom. The van der Waals surface area contributed by atoms with Gasteiger partial charge in [-0.3, -0.25) is 4.79 Å².